The number of esters is 1. The van der Waals surface area contributed by atoms with Crippen LogP contribution < -0.4 is 4.74 Å². The third-order valence-electron chi connectivity index (χ3n) is 4.85. The van der Waals surface area contributed by atoms with Crippen LogP contribution in [0.4, 0.5) is 4.39 Å². The maximum atomic E-state index is 13.4. The number of piperidine rings is 1. The van der Waals surface area contributed by atoms with Crippen molar-refractivity contribution in [2.75, 3.05) is 19.8 Å². The highest BCUT2D eigenvalue weighted by Crippen LogP contribution is 2.25. The molecule has 1 saturated heterocycles. The van der Waals surface area contributed by atoms with Crippen molar-refractivity contribution in [2.24, 2.45) is 0 Å². The number of ether oxygens (including phenoxy) is 2. The molecule has 0 unspecified atom stereocenters. The van der Waals surface area contributed by atoms with Gasteiger partial charge in [0, 0.05) is 12.6 Å². The molecule has 1 aliphatic rings. The summed E-state index contributed by atoms with van der Waals surface area (Å²) in [5.74, 6) is -0.999. The Morgan fingerprint density at radius 2 is 1.83 bits per heavy atom. The molecule has 0 spiro atoms. The van der Waals surface area contributed by atoms with Crippen LogP contribution in [0.25, 0.3) is 0 Å². The number of nitrogens with zero attached hydrogens (tertiary/aromatic N) is 1. The van der Waals surface area contributed by atoms with E-state index in [1.165, 1.54) is 40.7 Å². The average Bonchev–Trinajstić information content (AvgIpc) is 2.72. The van der Waals surface area contributed by atoms with Crippen LogP contribution in [0, 0.1) is 5.82 Å². The molecule has 1 atom stereocenters. The molecule has 6 nitrogen and oxygen atoms in total. The number of sulfonamides is 1. The van der Waals surface area contributed by atoms with Gasteiger partial charge in [-0.05, 0) is 56.2 Å². The summed E-state index contributed by atoms with van der Waals surface area (Å²) >= 11 is 0. The molecule has 1 aliphatic heterocycles. The molecule has 0 N–H and O–H groups in total. The minimum atomic E-state index is -3.58. The van der Waals surface area contributed by atoms with Crippen molar-refractivity contribution in [1.82, 2.24) is 4.31 Å². The van der Waals surface area contributed by atoms with Crippen LogP contribution in [-0.4, -0.2) is 44.5 Å². The van der Waals surface area contributed by atoms with E-state index >= 15 is 0 Å². The largest absolute Gasteiger partial charge is 0.487 e. The molecule has 29 heavy (non-hydrogen) atoms. The van der Waals surface area contributed by atoms with Gasteiger partial charge in [0.25, 0.3) is 0 Å². The zero-order chi connectivity index (χ0) is 20.9. The Hall–Kier alpha value is -2.45. The zero-order valence-corrected chi connectivity index (χ0v) is 17.0. The van der Waals surface area contributed by atoms with Gasteiger partial charge in [-0.25, -0.2) is 17.6 Å². The molecule has 1 fully saturated rings. The Morgan fingerprint density at radius 1 is 1.10 bits per heavy atom. The van der Waals surface area contributed by atoms with Gasteiger partial charge in [0.1, 0.15) is 13.2 Å². The molecule has 0 radical (unpaired) electrons. The quantitative estimate of drug-likeness (QED) is 0.504. The van der Waals surface area contributed by atoms with Crippen LogP contribution in [0.1, 0.15) is 36.5 Å². The number of rotatable bonds is 7. The number of benzene rings is 2. The van der Waals surface area contributed by atoms with E-state index in [0.717, 1.165) is 19.3 Å². The number of hydrogen-bond acceptors (Lipinski definition) is 5. The molecular formula is C21H24FNO5S. The second-order valence-electron chi connectivity index (χ2n) is 6.90. The third kappa shape index (κ3) is 5.13. The fourth-order valence-corrected chi connectivity index (χ4v) is 4.96. The third-order valence-corrected chi connectivity index (χ3v) is 6.88. The second-order valence-corrected chi connectivity index (χ2v) is 8.79. The average molecular weight is 421 g/mol. The monoisotopic (exact) mass is 421 g/mol. The zero-order valence-electron chi connectivity index (χ0n) is 16.2. The highest BCUT2D eigenvalue weighted by atomic mass is 32.2. The lowest BCUT2D eigenvalue weighted by atomic mass is 10.1. The van der Waals surface area contributed by atoms with Crippen LogP contribution in [0.3, 0.4) is 0 Å². The summed E-state index contributed by atoms with van der Waals surface area (Å²) in [6.07, 6.45) is 2.72. The van der Waals surface area contributed by atoms with Crippen LogP contribution in [0.5, 0.6) is 5.75 Å². The van der Waals surface area contributed by atoms with E-state index in [4.69, 9.17) is 9.47 Å². The first-order valence-electron chi connectivity index (χ1n) is 9.56. The van der Waals surface area contributed by atoms with Crippen molar-refractivity contribution < 1.29 is 27.1 Å². The Morgan fingerprint density at radius 3 is 2.52 bits per heavy atom. The fraction of sp³-hybridized carbons (Fsp3) is 0.381. The minimum Gasteiger partial charge on any atom is -0.487 e. The van der Waals surface area contributed by atoms with Crippen LogP contribution in [-0.2, 0) is 14.8 Å². The van der Waals surface area contributed by atoms with Gasteiger partial charge >= 0.3 is 5.97 Å². The number of carbonyl (C=O) groups is 1. The number of hydrogen-bond donors (Lipinski definition) is 0. The minimum absolute atomic E-state index is 0.00594. The maximum Gasteiger partial charge on any atom is 0.338 e. The molecule has 2 aromatic carbocycles. The smallest absolute Gasteiger partial charge is 0.338 e. The molecule has 3 rings (SSSR count). The molecule has 8 heteroatoms. The first-order chi connectivity index (χ1) is 13.9. The summed E-state index contributed by atoms with van der Waals surface area (Å²) in [5.41, 5.74) is 0.238. The SMILES string of the molecule is C[C@H]1CCCCN1S(=O)(=O)c1ccc(C(=O)OCCOc2ccccc2F)cc1. The summed E-state index contributed by atoms with van der Waals surface area (Å²) in [5, 5.41) is 0. The standard InChI is InChI=1S/C21H24FNO5S/c1-16-6-4-5-13-23(16)29(25,26)18-11-9-17(10-12-18)21(24)28-15-14-27-20-8-3-2-7-19(20)22/h2-3,7-12,16H,4-6,13-15H2,1H3/t16-/m0/s1. The van der Waals surface area contributed by atoms with Gasteiger partial charge in [-0.1, -0.05) is 18.6 Å². The van der Waals surface area contributed by atoms with Crippen molar-refractivity contribution in [2.45, 2.75) is 37.1 Å². The van der Waals surface area contributed by atoms with E-state index in [1.807, 2.05) is 6.92 Å². The van der Waals surface area contributed by atoms with Gasteiger partial charge in [0.05, 0.1) is 10.5 Å². The maximum absolute atomic E-state index is 13.4. The summed E-state index contributed by atoms with van der Waals surface area (Å²) < 4.78 is 50.9. The summed E-state index contributed by atoms with van der Waals surface area (Å²) in [7, 11) is -3.58. The Bertz CT molecular complexity index is 946. The topological polar surface area (TPSA) is 72.9 Å². The van der Waals surface area contributed by atoms with E-state index in [0.29, 0.717) is 6.54 Å². The summed E-state index contributed by atoms with van der Waals surface area (Å²) in [6, 6.07) is 11.6. The molecule has 2 aromatic rings. The van der Waals surface area contributed by atoms with Crippen molar-refractivity contribution in [1.29, 1.82) is 0 Å². The molecule has 156 valence electrons. The first kappa shape index (κ1) is 21.3. The predicted molar refractivity (Wildman–Crippen MR) is 106 cm³/mol. The van der Waals surface area contributed by atoms with E-state index in [9.17, 15) is 17.6 Å². The molecule has 1 heterocycles. The second kappa shape index (κ2) is 9.37. The molecule has 0 amide bonds. The number of carbonyl (C=O) groups excluding carboxylic acids is 1. The van der Waals surface area contributed by atoms with Gasteiger partial charge in [-0.15, -0.1) is 0 Å². The van der Waals surface area contributed by atoms with Crippen molar-refractivity contribution >= 4 is 16.0 Å². The van der Waals surface area contributed by atoms with Crippen molar-refractivity contribution in [3.05, 3.63) is 59.9 Å². The molecule has 0 aromatic heterocycles. The van der Waals surface area contributed by atoms with E-state index in [2.05, 4.69) is 0 Å². The van der Waals surface area contributed by atoms with E-state index in [-0.39, 0.29) is 35.5 Å². The van der Waals surface area contributed by atoms with E-state index < -0.39 is 21.8 Å². The highest BCUT2D eigenvalue weighted by molar-refractivity contribution is 7.89. The summed E-state index contributed by atoms with van der Waals surface area (Å²) in [6.45, 7) is 2.37. The van der Waals surface area contributed by atoms with E-state index in [1.54, 1.807) is 12.1 Å². The molecule has 0 bridgehead atoms. The lowest BCUT2D eigenvalue weighted by molar-refractivity contribution is 0.0448. The van der Waals surface area contributed by atoms with Crippen LogP contribution in [0.15, 0.2) is 53.4 Å². The van der Waals surface area contributed by atoms with Crippen molar-refractivity contribution in [3.8, 4) is 5.75 Å². The van der Waals surface area contributed by atoms with Gasteiger partial charge in [0.2, 0.25) is 10.0 Å². The Labute approximate surface area is 170 Å². The number of halogens is 1. The number of para-hydroxylation sites is 1. The fourth-order valence-electron chi connectivity index (χ4n) is 3.26. The van der Waals surface area contributed by atoms with Crippen molar-refractivity contribution in [3.63, 3.8) is 0 Å². The van der Waals surface area contributed by atoms with Crippen LogP contribution in [0.2, 0.25) is 0 Å². The highest BCUT2D eigenvalue weighted by Gasteiger charge is 2.30. The van der Waals surface area contributed by atoms with Crippen LogP contribution >= 0.6 is 0 Å². The van der Waals surface area contributed by atoms with Gasteiger partial charge < -0.3 is 9.47 Å². The molecular weight excluding hydrogens is 397 g/mol. The Balaban J connectivity index is 1.55. The Kier molecular flexibility index (Phi) is 6.87. The molecule has 0 aliphatic carbocycles. The molecule has 0 saturated carbocycles. The normalized spacial score (nSPS) is 17.7. The summed E-state index contributed by atoms with van der Waals surface area (Å²) in [4.78, 5) is 12.3. The van der Waals surface area contributed by atoms with Gasteiger partial charge in [0.15, 0.2) is 11.6 Å². The first-order valence-corrected chi connectivity index (χ1v) is 11.0. The van der Waals surface area contributed by atoms with Gasteiger partial charge in [-0.2, -0.15) is 4.31 Å². The lowest BCUT2D eigenvalue weighted by Crippen LogP contribution is -2.41. The van der Waals surface area contributed by atoms with Gasteiger partial charge in [-0.3, -0.25) is 0 Å². The lowest BCUT2D eigenvalue weighted by Gasteiger charge is -2.32. The predicted octanol–water partition coefficient (Wildman–Crippen LogP) is 3.62.